The van der Waals surface area contributed by atoms with Gasteiger partial charge in [0.05, 0.1) is 17.5 Å². The zero-order chi connectivity index (χ0) is 15.0. The van der Waals surface area contributed by atoms with Crippen molar-refractivity contribution in [3.05, 3.63) is 24.3 Å². The van der Waals surface area contributed by atoms with Gasteiger partial charge in [0.1, 0.15) is 0 Å². The molecule has 1 rings (SSSR count). The van der Waals surface area contributed by atoms with Crippen molar-refractivity contribution >= 4 is 41.0 Å². The van der Waals surface area contributed by atoms with Gasteiger partial charge in [-0.15, -0.1) is 11.8 Å². The number of amides is 2. The van der Waals surface area contributed by atoms with E-state index >= 15 is 0 Å². The molecule has 0 aromatic heterocycles. The minimum absolute atomic E-state index is 0.172. The molecule has 2 amide bonds. The number of nitrogens with two attached hydrogens (primary N) is 2. The third-order valence-electron chi connectivity index (χ3n) is 2.48. The van der Waals surface area contributed by atoms with Crippen LogP contribution in [0.4, 0.5) is 5.69 Å². The van der Waals surface area contributed by atoms with E-state index in [1.807, 2.05) is 24.5 Å². The van der Waals surface area contributed by atoms with Crippen molar-refractivity contribution in [2.24, 2.45) is 11.5 Å². The van der Waals surface area contributed by atoms with E-state index in [-0.39, 0.29) is 11.7 Å². The van der Waals surface area contributed by atoms with Crippen LogP contribution in [0.2, 0.25) is 0 Å². The molecule has 0 fully saturated rings. The second-order valence-corrected chi connectivity index (χ2v) is 6.13. The van der Waals surface area contributed by atoms with E-state index in [0.717, 1.165) is 10.6 Å². The number of para-hydroxylation sites is 1. The molecule has 0 bridgehead atoms. The molecule has 0 unspecified atom stereocenters. The molecule has 5 N–H and O–H groups in total. The average molecular weight is 313 g/mol. The number of carbonyl (C=O) groups is 2. The molecule has 0 aliphatic rings. The molecule has 7 heteroatoms. The maximum Gasteiger partial charge on any atom is 0.241 e. The van der Waals surface area contributed by atoms with Crippen LogP contribution in [0, 0.1) is 0 Å². The third kappa shape index (κ3) is 5.85. The van der Waals surface area contributed by atoms with Crippen LogP contribution in [-0.4, -0.2) is 35.6 Å². The van der Waals surface area contributed by atoms with E-state index in [1.165, 1.54) is 11.8 Å². The lowest BCUT2D eigenvalue weighted by molar-refractivity contribution is -0.117. The number of rotatable bonds is 8. The number of thioether (sulfide) groups is 2. The first-order valence-corrected chi connectivity index (χ1v) is 8.48. The number of anilines is 1. The summed E-state index contributed by atoms with van der Waals surface area (Å²) in [6.45, 7) is 0. The van der Waals surface area contributed by atoms with Gasteiger partial charge in [-0.3, -0.25) is 9.59 Å². The minimum Gasteiger partial charge on any atom is -0.369 e. The third-order valence-corrected chi connectivity index (χ3v) is 4.22. The quantitative estimate of drug-likeness (QED) is 0.628. The predicted octanol–water partition coefficient (Wildman–Crippen LogP) is 1.28. The lowest BCUT2D eigenvalue weighted by Crippen LogP contribution is -2.36. The van der Waals surface area contributed by atoms with Gasteiger partial charge in [-0.2, -0.15) is 11.8 Å². The van der Waals surface area contributed by atoms with E-state index in [0.29, 0.717) is 12.1 Å². The van der Waals surface area contributed by atoms with Gasteiger partial charge in [0.15, 0.2) is 0 Å². The second kappa shape index (κ2) is 8.89. The largest absolute Gasteiger partial charge is 0.369 e. The van der Waals surface area contributed by atoms with Crippen molar-refractivity contribution in [1.82, 2.24) is 0 Å². The highest BCUT2D eigenvalue weighted by Crippen LogP contribution is 2.26. The first-order chi connectivity index (χ1) is 9.54. The minimum atomic E-state index is -0.531. The zero-order valence-electron chi connectivity index (χ0n) is 11.3. The zero-order valence-corrected chi connectivity index (χ0v) is 12.9. The highest BCUT2D eigenvalue weighted by molar-refractivity contribution is 8.00. The van der Waals surface area contributed by atoms with Crippen molar-refractivity contribution in [2.75, 3.05) is 23.1 Å². The summed E-state index contributed by atoms with van der Waals surface area (Å²) in [4.78, 5) is 23.6. The van der Waals surface area contributed by atoms with Crippen LogP contribution >= 0.6 is 23.5 Å². The van der Waals surface area contributed by atoms with Gasteiger partial charge in [0.2, 0.25) is 11.8 Å². The Morgan fingerprint density at radius 2 is 2.05 bits per heavy atom. The Hall–Kier alpha value is -1.18. The van der Waals surface area contributed by atoms with Crippen LogP contribution in [0.5, 0.6) is 0 Å². The van der Waals surface area contributed by atoms with Gasteiger partial charge in [-0.25, -0.2) is 0 Å². The molecule has 0 saturated heterocycles. The molecule has 0 aliphatic carbocycles. The van der Waals surface area contributed by atoms with Gasteiger partial charge in [-0.1, -0.05) is 12.1 Å². The molecular weight excluding hydrogens is 294 g/mol. The van der Waals surface area contributed by atoms with Crippen LogP contribution in [0.15, 0.2) is 29.2 Å². The summed E-state index contributed by atoms with van der Waals surface area (Å²) in [5, 5.41) is 2.80. The summed E-state index contributed by atoms with van der Waals surface area (Å²) in [5.41, 5.74) is 11.6. The summed E-state index contributed by atoms with van der Waals surface area (Å²) < 4.78 is 0. The van der Waals surface area contributed by atoms with E-state index in [9.17, 15) is 9.59 Å². The fraction of sp³-hybridized carbons (Fsp3) is 0.385. The first-order valence-electron chi connectivity index (χ1n) is 6.10. The van der Waals surface area contributed by atoms with Crippen molar-refractivity contribution in [2.45, 2.75) is 17.4 Å². The van der Waals surface area contributed by atoms with Gasteiger partial charge in [0, 0.05) is 4.90 Å². The summed E-state index contributed by atoms with van der Waals surface area (Å²) in [6, 6.07) is 6.74. The van der Waals surface area contributed by atoms with E-state index in [4.69, 9.17) is 11.5 Å². The number of hydrogen-bond donors (Lipinski definition) is 3. The Morgan fingerprint density at radius 1 is 1.35 bits per heavy atom. The van der Waals surface area contributed by atoms with Gasteiger partial charge in [-0.05, 0) is 30.6 Å². The van der Waals surface area contributed by atoms with E-state index < -0.39 is 11.9 Å². The van der Waals surface area contributed by atoms with Crippen molar-refractivity contribution in [3.63, 3.8) is 0 Å². The summed E-state index contributed by atoms with van der Waals surface area (Å²) in [6.07, 6.45) is 2.60. The number of nitrogens with one attached hydrogen (secondary N) is 1. The molecule has 110 valence electrons. The second-order valence-electron chi connectivity index (χ2n) is 4.13. The van der Waals surface area contributed by atoms with Crippen molar-refractivity contribution in [1.29, 1.82) is 0 Å². The summed E-state index contributed by atoms with van der Waals surface area (Å²) in [5.74, 6) is 0.400. The average Bonchev–Trinajstić information content (AvgIpc) is 2.43. The Morgan fingerprint density at radius 3 is 2.70 bits per heavy atom. The van der Waals surface area contributed by atoms with Crippen LogP contribution < -0.4 is 16.8 Å². The summed E-state index contributed by atoms with van der Waals surface area (Å²) >= 11 is 2.95. The van der Waals surface area contributed by atoms with Crippen LogP contribution in [0.3, 0.4) is 0 Å². The molecule has 0 aliphatic heterocycles. The molecular formula is C13H19N3O2S2. The van der Waals surface area contributed by atoms with Crippen LogP contribution in [0.1, 0.15) is 6.42 Å². The SMILES string of the molecule is CSCC[C@@H](N)C(=O)Nc1ccccc1SCC(N)=O. The molecule has 0 spiro atoms. The molecule has 0 saturated carbocycles. The predicted molar refractivity (Wildman–Crippen MR) is 86.0 cm³/mol. The smallest absolute Gasteiger partial charge is 0.241 e. The Kier molecular flexibility index (Phi) is 7.50. The van der Waals surface area contributed by atoms with Gasteiger partial charge >= 0.3 is 0 Å². The van der Waals surface area contributed by atoms with E-state index in [1.54, 1.807) is 17.8 Å². The molecule has 1 atom stereocenters. The molecule has 0 heterocycles. The standard InChI is InChI=1S/C13H19N3O2S2/c1-19-7-6-9(14)13(18)16-10-4-2-3-5-11(10)20-8-12(15)17/h2-5,9H,6-8,14H2,1H3,(H2,15,17)(H,16,18)/t9-/m1/s1. The highest BCUT2D eigenvalue weighted by atomic mass is 32.2. The van der Waals surface area contributed by atoms with Crippen molar-refractivity contribution < 1.29 is 9.59 Å². The maximum absolute atomic E-state index is 12.0. The number of benzene rings is 1. The Balaban J connectivity index is 2.66. The number of carbonyl (C=O) groups excluding carboxylic acids is 2. The Labute approximate surface area is 127 Å². The number of hydrogen-bond acceptors (Lipinski definition) is 5. The van der Waals surface area contributed by atoms with Crippen LogP contribution in [-0.2, 0) is 9.59 Å². The lowest BCUT2D eigenvalue weighted by atomic mass is 10.2. The fourth-order valence-electron chi connectivity index (χ4n) is 1.45. The molecule has 1 aromatic carbocycles. The molecule has 5 nitrogen and oxygen atoms in total. The number of primary amides is 1. The molecule has 1 aromatic rings. The normalized spacial score (nSPS) is 11.9. The van der Waals surface area contributed by atoms with E-state index in [2.05, 4.69) is 5.32 Å². The lowest BCUT2D eigenvalue weighted by Gasteiger charge is -2.14. The van der Waals surface area contributed by atoms with Gasteiger partial charge in [0.25, 0.3) is 0 Å². The molecule has 20 heavy (non-hydrogen) atoms. The highest BCUT2D eigenvalue weighted by Gasteiger charge is 2.14. The van der Waals surface area contributed by atoms with Crippen LogP contribution in [0.25, 0.3) is 0 Å². The monoisotopic (exact) mass is 313 g/mol. The Bertz CT molecular complexity index is 469. The first kappa shape index (κ1) is 16.9. The maximum atomic E-state index is 12.0. The molecule has 0 radical (unpaired) electrons. The van der Waals surface area contributed by atoms with Gasteiger partial charge < -0.3 is 16.8 Å². The summed E-state index contributed by atoms with van der Waals surface area (Å²) in [7, 11) is 0. The fourth-order valence-corrected chi connectivity index (χ4v) is 2.68. The van der Waals surface area contributed by atoms with Crippen molar-refractivity contribution in [3.8, 4) is 0 Å². The topological polar surface area (TPSA) is 98.2 Å².